The number of hydrogen-bond donors (Lipinski definition) is 1. The van der Waals surface area contributed by atoms with Crippen molar-refractivity contribution < 1.29 is 0 Å². The minimum atomic E-state index is 0.601. The maximum Gasteiger partial charge on any atom is 0.00985 e. The van der Waals surface area contributed by atoms with Crippen molar-refractivity contribution >= 4 is 0 Å². The average molecular weight is 137 g/mol. The molecule has 4 saturated carbocycles. The molecule has 0 amide bonds. The Bertz CT molecular complexity index is 160. The molecule has 1 unspecified atom stereocenters. The van der Waals surface area contributed by atoms with Gasteiger partial charge in [0, 0.05) is 6.04 Å². The molecular weight excluding hydrogens is 122 g/mol. The van der Waals surface area contributed by atoms with E-state index < -0.39 is 0 Å². The molecule has 2 N–H and O–H groups in total. The topological polar surface area (TPSA) is 26.0 Å². The fourth-order valence-corrected chi connectivity index (χ4v) is 3.79. The lowest BCUT2D eigenvalue weighted by Crippen LogP contribution is -2.35. The molecule has 10 heavy (non-hydrogen) atoms. The molecule has 4 bridgehead atoms. The third kappa shape index (κ3) is 0.493. The van der Waals surface area contributed by atoms with Crippen molar-refractivity contribution in [3.05, 3.63) is 0 Å². The summed E-state index contributed by atoms with van der Waals surface area (Å²) in [6.07, 6.45) is 5.94. The van der Waals surface area contributed by atoms with Crippen molar-refractivity contribution in [2.24, 2.45) is 29.4 Å². The van der Waals surface area contributed by atoms with Gasteiger partial charge in [0.25, 0.3) is 0 Å². The summed E-state index contributed by atoms with van der Waals surface area (Å²) < 4.78 is 0. The Hall–Kier alpha value is -0.0400. The second-order valence-electron chi connectivity index (χ2n) is 4.57. The molecule has 4 aliphatic carbocycles. The second kappa shape index (κ2) is 1.58. The zero-order valence-electron chi connectivity index (χ0n) is 6.29. The highest BCUT2D eigenvalue weighted by Crippen LogP contribution is 2.57. The molecule has 4 aliphatic rings. The van der Waals surface area contributed by atoms with Gasteiger partial charge in [0.1, 0.15) is 0 Å². The standard InChI is InChI=1S/C9H15N/c10-9-7-2-5-1-6(4-7)8(9)3-5/h5-9H,1-4,10H2/t5-,6?,7-,8+,9+/m1/s1. The molecule has 56 valence electrons. The Balaban J connectivity index is 1.99. The van der Waals surface area contributed by atoms with E-state index >= 15 is 0 Å². The molecule has 0 saturated heterocycles. The highest BCUT2D eigenvalue weighted by atomic mass is 14.8. The largest absolute Gasteiger partial charge is 0.327 e. The van der Waals surface area contributed by atoms with E-state index in [1.165, 1.54) is 25.7 Å². The summed E-state index contributed by atoms with van der Waals surface area (Å²) >= 11 is 0. The summed E-state index contributed by atoms with van der Waals surface area (Å²) in [5.41, 5.74) is 6.10. The monoisotopic (exact) mass is 137 g/mol. The van der Waals surface area contributed by atoms with Crippen LogP contribution in [0.15, 0.2) is 0 Å². The molecule has 1 heteroatoms. The van der Waals surface area contributed by atoms with Crippen LogP contribution in [0.1, 0.15) is 25.7 Å². The van der Waals surface area contributed by atoms with Gasteiger partial charge in [-0.2, -0.15) is 0 Å². The van der Waals surface area contributed by atoms with Gasteiger partial charge in [-0.05, 0) is 49.4 Å². The lowest BCUT2D eigenvalue weighted by molar-refractivity contribution is 0.250. The van der Waals surface area contributed by atoms with Crippen LogP contribution in [0.2, 0.25) is 0 Å². The summed E-state index contributed by atoms with van der Waals surface area (Å²) in [5, 5.41) is 0. The molecular formula is C9H15N. The maximum atomic E-state index is 6.10. The quantitative estimate of drug-likeness (QED) is 0.536. The number of nitrogens with two attached hydrogens (primary N) is 1. The van der Waals surface area contributed by atoms with E-state index in [9.17, 15) is 0 Å². The lowest BCUT2D eigenvalue weighted by atomic mass is 9.80. The van der Waals surface area contributed by atoms with Crippen molar-refractivity contribution in [1.29, 1.82) is 0 Å². The van der Waals surface area contributed by atoms with Crippen LogP contribution < -0.4 is 5.73 Å². The molecule has 4 fully saturated rings. The molecule has 0 aromatic heterocycles. The highest BCUT2D eigenvalue weighted by Gasteiger charge is 2.52. The number of rotatable bonds is 0. The summed E-state index contributed by atoms with van der Waals surface area (Å²) in [6.45, 7) is 0. The van der Waals surface area contributed by atoms with Crippen LogP contribution in [0.3, 0.4) is 0 Å². The first-order valence-corrected chi connectivity index (χ1v) is 4.60. The first kappa shape index (κ1) is 5.59. The maximum absolute atomic E-state index is 6.10. The summed E-state index contributed by atoms with van der Waals surface area (Å²) in [4.78, 5) is 0. The van der Waals surface area contributed by atoms with Crippen LogP contribution in [-0.2, 0) is 0 Å². The van der Waals surface area contributed by atoms with Gasteiger partial charge in [-0.1, -0.05) is 0 Å². The average Bonchev–Trinajstić information content (AvgIpc) is 2.31. The van der Waals surface area contributed by atoms with E-state index in [0.29, 0.717) is 6.04 Å². The van der Waals surface area contributed by atoms with Crippen molar-refractivity contribution in [3.8, 4) is 0 Å². The summed E-state index contributed by atoms with van der Waals surface area (Å²) in [6, 6.07) is 0.601. The van der Waals surface area contributed by atoms with E-state index in [4.69, 9.17) is 5.73 Å². The van der Waals surface area contributed by atoms with Crippen LogP contribution in [0, 0.1) is 23.7 Å². The van der Waals surface area contributed by atoms with E-state index in [-0.39, 0.29) is 0 Å². The second-order valence-corrected chi connectivity index (χ2v) is 4.57. The minimum absolute atomic E-state index is 0.601. The van der Waals surface area contributed by atoms with Gasteiger partial charge in [0.15, 0.2) is 0 Å². The smallest absolute Gasteiger partial charge is 0.00985 e. The van der Waals surface area contributed by atoms with Gasteiger partial charge in [-0.3, -0.25) is 0 Å². The Morgan fingerprint density at radius 1 is 0.900 bits per heavy atom. The summed E-state index contributed by atoms with van der Waals surface area (Å²) in [5.74, 6) is 4.03. The van der Waals surface area contributed by atoms with Gasteiger partial charge in [-0.25, -0.2) is 0 Å². The third-order valence-electron chi connectivity index (χ3n) is 4.13. The van der Waals surface area contributed by atoms with Crippen LogP contribution in [0.4, 0.5) is 0 Å². The predicted molar refractivity (Wildman–Crippen MR) is 40.4 cm³/mol. The van der Waals surface area contributed by atoms with Crippen molar-refractivity contribution in [1.82, 2.24) is 0 Å². The molecule has 0 aromatic carbocycles. The van der Waals surface area contributed by atoms with Crippen LogP contribution in [0.25, 0.3) is 0 Å². The van der Waals surface area contributed by atoms with Crippen LogP contribution in [-0.4, -0.2) is 6.04 Å². The Kier molecular flexibility index (Phi) is 0.883. The molecule has 0 aliphatic heterocycles. The normalized spacial score (nSPS) is 63.9. The van der Waals surface area contributed by atoms with Crippen molar-refractivity contribution in [3.63, 3.8) is 0 Å². The lowest BCUT2D eigenvalue weighted by Gasteiger charge is -2.29. The van der Waals surface area contributed by atoms with Gasteiger partial charge in [-0.15, -0.1) is 0 Å². The predicted octanol–water partition coefficient (Wildman–Crippen LogP) is 1.38. The van der Waals surface area contributed by atoms with Gasteiger partial charge in [0.05, 0.1) is 0 Å². The third-order valence-corrected chi connectivity index (χ3v) is 4.13. The Morgan fingerprint density at radius 3 is 2.40 bits per heavy atom. The molecule has 0 spiro atoms. The van der Waals surface area contributed by atoms with Crippen molar-refractivity contribution in [2.45, 2.75) is 31.7 Å². The molecule has 1 nitrogen and oxygen atoms in total. The van der Waals surface area contributed by atoms with E-state index in [0.717, 1.165) is 23.7 Å². The zero-order valence-corrected chi connectivity index (χ0v) is 6.29. The minimum Gasteiger partial charge on any atom is -0.327 e. The first-order valence-electron chi connectivity index (χ1n) is 4.60. The van der Waals surface area contributed by atoms with E-state index in [1.54, 1.807) is 0 Å². The van der Waals surface area contributed by atoms with E-state index in [2.05, 4.69) is 0 Å². The molecule has 0 radical (unpaired) electrons. The van der Waals surface area contributed by atoms with Gasteiger partial charge >= 0.3 is 0 Å². The van der Waals surface area contributed by atoms with Crippen LogP contribution >= 0.6 is 0 Å². The molecule has 0 heterocycles. The van der Waals surface area contributed by atoms with E-state index in [1.807, 2.05) is 0 Å². The molecule has 5 atom stereocenters. The Morgan fingerprint density at radius 2 is 1.70 bits per heavy atom. The highest BCUT2D eigenvalue weighted by molar-refractivity contribution is 5.04. The Labute approximate surface area is 62.0 Å². The SMILES string of the molecule is N[C@H]1[C@H]2CC3C[C@H](C2)C[C@@H]31. The van der Waals surface area contributed by atoms with Crippen molar-refractivity contribution in [2.75, 3.05) is 0 Å². The fraction of sp³-hybridized carbons (Fsp3) is 1.00. The van der Waals surface area contributed by atoms with Crippen LogP contribution in [0.5, 0.6) is 0 Å². The summed E-state index contributed by atoms with van der Waals surface area (Å²) in [7, 11) is 0. The van der Waals surface area contributed by atoms with Gasteiger partial charge < -0.3 is 5.73 Å². The molecule has 4 rings (SSSR count). The first-order chi connectivity index (χ1) is 4.84. The number of hydrogen-bond acceptors (Lipinski definition) is 1. The molecule has 0 aromatic rings. The fourth-order valence-electron chi connectivity index (χ4n) is 3.79. The van der Waals surface area contributed by atoms with Gasteiger partial charge in [0.2, 0.25) is 0 Å². The zero-order chi connectivity index (χ0) is 6.72.